The van der Waals surface area contributed by atoms with E-state index in [4.69, 9.17) is 27.6 Å². The van der Waals surface area contributed by atoms with Crippen molar-refractivity contribution in [1.82, 2.24) is 0 Å². The average Bonchev–Trinajstić information content (AvgIpc) is 2.48. The van der Waals surface area contributed by atoms with Crippen molar-refractivity contribution >= 4 is 23.2 Å². The predicted molar refractivity (Wildman–Crippen MR) is 88.7 cm³/mol. The summed E-state index contributed by atoms with van der Waals surface area (Å²) in [6.07, 6.45) is 0. The normalized spacial score (nSPS) is 10.1. The van der Waals surface area contributed by atoms with E-state index < -0.39 is 0 Å². The Labute approximate surface area is 156 Å². The third kappa shape index (κ3) is 4.00. The molecule has 2 aromatic carbocycles. The summed E-state index contributed by atoms with van der Waals surface area (Å²) in [7, 11) is 0. The molecule has 3 aromatic rings. The van der Waals surface area contributed by atoms with E-state index in [1.165, 1.54) is 0 Å². The predicted octanol–water partition coefficient (Wildman–Crippen LogP) is 3.51. The Kier molecular flexibility index (Phi) is 5.84. The van der Waals surface area contributed by atoms with Crippen molar-refractivity contribution in [3.63, 3.8) is 0 Å². The van der Waals surface area contributed by atoms with Gasteiger partial charge in [-0.1, -0.05) is 35.3 Å². The molecule has 3 rings (SSSR count). The lowest BCUT2D eigenvalue weighted by atomic mass is 10.0. The molecular formula is C18H13Cl2IO. The highest BCUT2D eigenvalue weighted by atomic mass is 127. The van der Waals surface area contributed by atoms with Gasteiger partial charge in [-0.15, -0.1) is 0 Å². The van der Waals surface area contributed by atoms with Crippen LogP contribution in [0.15, 0.2) is 65.1 Å². The molecule has 1 aromatic heterocycles. The maximum atomic E-state index is 5.94. The summed E-state index contributed by atoms with van der Waals surface area (Å²) in [5.74, 6) is 1.67. The summed E-state index contributed by atoms with van der Waals surface area (Å²) < 4.78 is 5.82. The monoisotopic (exact) mass is 442 g/mol. The van der Waals surface area contributed by atoms with E-state index in [2.05, 4.69) is 0 Å². The van der Waals surface area contributed by atoms with E-state index in [0.29, 0.717) is 5.02 Å². The second-order valence-electron chi connectivity index (χ2n) is 4.83. The molecule has 0 amide bonds. The number of halogens is 3. The topological polar surface area (TPSA) is 11.3 Å². The molecule has 0 spiro atoms. The van der Waals surface area contributed by atoms with Gasteiger partial charge in [-0.25, -0.2) is 4.42 Å². The van der Waals surface area contributed by atoms with Gasteiger partial charge in [0.15, 0.2) is 0 Å². The largest absolute Gasteiger partial charge is 1.00 e. The minimum Gasteiger partial charge on any atom is -1.00 e. The zero-order valence-electron chi connectivity index (χ0n) is 11.8. The first kappa shape index (κ1) is 17.3. The van der Waals surface area contributed by atoms with Gasteiger partial charge in [0.05, 0.1) is 18.6 Å². The summed E-state index contributed by atoms with van der Waals surface area (Å²) in [5, 5.41) is 1.44. The van der Waals surface area contributed by atoms with Crippen molar-refractivity contribution in [3.05, 3.63) is 76.5 Å². The third-order valence-electron chi connectivity index (χ3n) is 3.22. The fourth-order valence-corrected chi connectivity index (χ4v) is 2.45. The van der Waals surface area contributed by atoms with Crippen LogP contribution in [0, 0.1) is 6.92 Å². The Hall–Kier alpha value is -1.10. The maximum Gasteiger partial charge on any atom is 0.360 e. The maximum absolute atomic E-state index is 5.94. The van der Waals surface area contributed by atoms with Crippen LogP contribution in [0.3, 0.4) is 0 Å². The van der Waals surface area contributed by atoms with Gasteiger partial charge in [0.25, 0.3) is 0 Å². The van der Waals surface area contributed by atoms with Crippen LogP contribution in [0.1, 0.15) is 5.76 Å². The minimum absolute atomic E-state index is 0. The molecule has 1 nitrogen and oxygen atoms in total. The smallest absolute Gasteiger partial charge is 0.360 e. The number of benzene rings is 2. The Morgan fingerprint density at radius 3 is 1.73 bits per heavy atom. The Bertz CT molecular complexity index is 704. The SMILES string of the molecule is Cc1cc(-c2ccc(Cl)cc2)cc(-c2ccc(Cl)cc2)[o+]1.[I-]. The first-order chi connectivity index (χ1) is 10.1. The number of hydrogen-bond donors (Lipinski definition) is 0. The first-order valence-electron chi connectivity index (χ1n) is 6.58. The second-order valence-corrected chi connectivity index (χ2v) is 5.71. The molecule has 0 atom stereocenters. The molecule has 4 heteroatoms. The van der Waals surface area contributed by atoms with Gasteiger partial charge in [0.1, 0.15) is 0 Å². The molecule has 0 radical (unpaired) electrons. The summed E-state index contributed by atoms with van der Waals surface area (Å²) in [6.45, 7) is 1.94. The van der Waals surface area contributed by atoms with E-state index in [9.17, 15) is 0 Å². The van der Waals surface area contributed by atoms with Crippen molar-refractivity contribution in [1.29, 1.82) is 0 Å². The van der Waals surface area contributed by atoms with Crippen molar-refractivity contribution in [2.75, 3.05) is 0 Å². The second kappa shape index (κ2) is 7.44. The summed E-state index contributed by atoms with van der Waals surface area (Å²) in [4.78, 5) is 0. The lowest BCUT2D eigenvalue weighted by molar-refractivity contribution is -0.00000463. The quantitative estimate of drug-likeness (QED) is 0.436. The van der Waals surface area contributed by atoms with Gasteiger partial charge >= 0.3 is 11.5 Å². The summed E-state index contributed by atoms with van der Waals surface area (Å²) in [6, 6.07) is 19.4. The number of rotatable bonds is 2. The van der Waals surface area contributed by atoms with Gasteiger partial charge in [-0.3, -0.25) is 0 Å². The van der Waals surface area contributed by atoms with Gasteiger partial charge in [-0.05, 0) is 42.0 Å². The van der Waals surface area contributed by atoms with Gasteiger partial charge < -0.3 is 24.0 Å². The van der Waals surface area contributed by atoms with Crippen LogP contribution < -0.4 is 24.0 Å². The van der Waals surface area contributed by atoms with Crippen LogP contribution >= 0.6 is 23.2 Å². The van der Waals surface area contributed by atoms with Gasteiger partial charge in [0.2, 0.25) is 0 Å². The van der Waals surface area contributed by atoms with E-state index >= 15 is 0 Å². The van der Waals surface area contributed by atoms with Crippen LogP contribution in [0.4, 0.5) is 0 Å². The third-order valence-corrected chi connectivity index (χ3v) is 3.73. The molecule has 0 saturated carbocycles. The van der Waals surface area contributed by atoms with Crippen LogP contribution in [-0.4, -0.2) is 0 Å². The molecule has 22 heavy (non-hydrogen) atoms. The van der Waals surface area contributed by atoms with Crippen molar-refractivity contribution in [3.8, 4) is 22.5 Å². The Morgan fingerprint density at radius 1 is 0.682 bits per heavy atom. The van der Waals surface area contributed by atoms with Crippen molar-refractivity contribution in [2.45, 2.75) is 6.92 Å². The molecule has 0 fully saturated rings. The van der Waals surface area contributed by atoms with Crippen LogP contribution in [0.25, 0.3) is 22.5 Å². The van der Waals surface area contributed by atoms with Crippen LogP contribution in [-0.2, 0) is 0 Å². The number of hydrogen-bond acceptors (Lipinski definition) is 0. The van der Waals surface area contributed by atoms with Gasteiger partial charge in [0, 0.05) is 21.7 Å². The molecule has 0 aliphatic carbocycles. The van der Waals surface area contributed by atoms with E-state index in [1.54, 1.807) is 0 Å². The number of aryl methyl sites for hydroxylation is 1. The average molecular weight is 443 g/mol. The highest BCUT2D eigenvalue weighted by molar-refractivity contribution is 6.30. The van der Waals surface area contributed by atoms with E-state index in [-0.39, 0.29) is 24.0 Å². The highest BCUT2D eigenvalue weighted by Gasteiger charge is 2.16. The van der Waals surface area contributed by atoms with E-state index in [1.807, 2.05) is 67.6 Å². The Morgan fingerprint density at radius 2 is 1.18 bits per heavy atom. The van der Waals surface area contributed by atoms with E-state index in [0.717, 1.165) is 33.2 Å². The fourth-order valence-electron chi connectivity index (χ4n) is 2.20. The summed E-state index contributed by atoms with van der Waals surface area (Å²) >= 11 is 11.9. The fraction of sp³-hybridized carbons (Fsp3) is 0.0556. The molecule has 0 aliphatic rings. The molecule has 1 heterocycles. The zero-order valence-corrected chi connectivity index (χ0v) is 15.5. The van der Waals surface area contributed by atoms with Gasteiger partial charge in [-0.2, -0.15) is 0 Å². The van der Waals surface area contributed by atoms with Crippen molar-refractivity contribution in [2.24, 2.45) is 0 Å². The molecule has 0 unspecified atom stereocenters. The lowest BCUT2D eigenvalue weighted by Gasteiger charge is -2.01. The molecule has 0 aliphatic heterocycles. The zero-order chi connectivity index (χ0) is 14.8. The lowest BCUT2D eigenvalue weighted by Crippen LogP contribution is -3.00. The minimum atomic E-state index is 0. The molecule has 112 valence electrons. The standard InChI is InChI=1S/C18H13Cl2O.HI/c1-12-10-15(13-2-6-16(19)7-3-13)11-18(21-12)14-4-8-17(20)9-5-14;/h2-11H,1H3;1H/q+1;/p-1. The first-order valence-corrected chi connectivity index (χ1v) is 7.34. The summed E-state index contributed by atoms with van der Waals surface area (Å²) in [5.41, 5.74) is 3.20. The molecular weight excluding hydrogens is 430 g/mol. The molecule has 0 bridgehead atoms. The Balaban J connectivity index is 0.00000176. The van der Waals surface area contributed by atoms with Crippen molar-refractivity contribution < 1.29 is 28.4 Å². The molecule has 0 N–H and O–H groups in total. The van der Waals surface area contributed by atoms with Crippen LogP contribution in [0.5, 0.6) is 0 Å². The van der Waals surface area contributed by atoms with Crippen LogP contribution in [0.2, 0.25) is 10.0 Å². The molecule has 0 saturated heterocycles. The highest BCUT2D eigenvalue weighted by Crippen LogP contribution is 2.29.